The van der Waals surface area contributed by atoms with Crippen molar-refractivity contribution in [1.29, 1.82) is 0 Å². The van der Waals surface area contributed by atoms with E-state index >= 15 is 0 Å². The summed E-state index contributed by atoms with van der Waals surface area (Å²) in [7, 11) is 1.91. The van der Waals surface area contributed by atoms with Crippen molar-refractivity contribution in [2.45, 2.75) is 24.7 Å². The topological polar surface area (TPSA) is 38.1 Å². The van der Waals surface area contributed by atoms with Crippen molar-refractivity contribution in [3.8, 4) is 0 Å². The molecule has 0 bridgehead atoms. The van der Waals surface area contributed by atoms with Gasteiger partial charge in [-0.2, -0.15) is 5.10 Å². The van der Waals surface area contributed by atoms with E-state index < -0.39 is 0 Å². The van der Waals surface area contributed by atoms with Crippen LogP contribution < -0.4 is 0 Å². The fourth-order valence-corrected chi connectivity index (χ4v) is 2.41. The predicted octanol–water partition coefficient (Wildman–Crippen LogP) is 1.22. The van der Waals surface area contributed by atoms with E-state index in [1.165, 1.54) is 0 Å². The second-order valence-corrected chi connectivity index (χ2v) is 5.25. The zero-order valence-corrected chi connectivity index (χ0v) is 10.5. The molecule has 82 valence electrons. The summed E-state index contributed by atoms with van der Waals surface area (Å²) in [6.07, 6.45) is 2.45. The lowest BCUT2D eigenvalue weighted by atomic mass is 10.2. The molecule has 1 saturated heterocycles. The van der Waals surface area contributed by atoms with Crippen molar-refractivity contribution in [2.24, 2.45) is 7.05 Å². The number of nitrogens with zero attached hydrogens (tertiary/aromatic N) is 3. The Morgan fingerprint density at radius 3 is 2.87 bits per heavy atom. The Balaban J connectivity index is 2.09. The summed E-state index contributed by atoms with van der Waals surface area (Å²) in [5, 5.41) is 4.17. The summed E-state index contributed by atoms with van der Waals surface area (Å²) in [4.78, 5) is 13.8. The minimum absolute atomic E-state index is 0.222. The minimum atomic E-state index is 0.222. The van der Waals surface area contributed by atoms with Gasteiger partial charge in [0.2, 0.25) is 5.91 Å². The minimum Gasteiger partial charge on any atom is -0.337 e. The average molecular weight is 272 g/mol. The smallest absolute Gasteiger partial charge is 0.224 e. The molecular formula is C10H14BrN3O. The predicted molar refractivity (Wildman–Crippen MR) is 60.7 cm³/mol. The molecule has 2 rings (SSSR count). The fraction of sp³-hybridized carbons (Fsp3) is 0.600. The number of amides is 1. The second-order valence-electron chi connectivity index (χ2n) is 3.95. The van der Waals surface area contributed by atoms with Gasteiger partial charge in [-0.1, -0.05) is 15.9 Å². The number of aromatic nitrogens is 2. The van der Waals surface area contributed by atoms with Crippen molar-refractivity contribution in [2.75, 3.05) is 6.54 Å². The van der Waals surface area contributed by atoms with Gasteiger partial charge in [-0.05, 0) is 6.92 Å². The van der Waals surface area contributed by atoms with Gasteiger partial charge in [0.25, 0.3) is 0 Å². The van der Waals surface area contributed by atoms with Gasteiger partial charge in [0.1, 0.15) is 0 Å². The van der Waals surface area contributed by atoms with Gasteiger partial charge < -0.3 is 4.90 Å². The van der Waals surface area contributed by atoms with E-state index in [9.17, 15) is 4.79 Å². The molecule has 0 aromatic carbocycles. The van der Waals surface area contributed by atoms with Crippen molar-refractivity contribution >= 4 is 21.8 Å². The summed E-state index contributed by atoms with van der Waals surface area (Å²) < 4.78 is 1.83. The number of carbonyl (C=O) groups is 1. The largest absolute Gasteiger partial charge is 0.337 e. The van der Waals surface area contributed by atoms with Crippen LogP contribution in [0.2, 0.25) is 0 Å². The molecule has 15 heavy (non-hydrogen) atoms. The van der Waals surface area contributed by atoms with Crippen LogP contribution in [-0.2, 0) is 18.4 Å². The zero-order chi connectivity index (χ0) is 11.0. The summed E-state index contributed by atoms with van der Waals surface area (Å²) in [5.74, 6) is 0.222. The molecule has 1 unspecified atom stereocenters. The molecule has 1 atom stereocenters. The number of hydrogen-bond donors (Lipinski definition) is 0. The SMILES string of the molecule is Cc1c(CN2CC(Br)CC2=O)cnn1C. The number of halogens is 1. The summed E-state index contributed by atoms with van der Waals surface area (Å²) >= 11 is 3.47. The molecule has 0 radical (unpaired) electrons. The van der Waals surface area contributed by atoms with Gasteiger partial charge in [-0.3, -0.25) is 9.48 Å². The zero-order valence-electron chi connectivity index (χ0n) is 8.90. The van der Waals surface area contributed by atoms with Gasteiger partial charge >= 0.3 is 0 Å². The molecule has 1 aliphatic rings. The highest BCUT2D eigenvalue weighted by Crippen LogP contribution is 2.21. The number of alkyl halides is 1. The molecule has 0 saturated carbocycles. The number of carbonyl (C=O) groups excluding carboxylic acids is 1. The normalized spacial score (nSPS) is 21.4. The van der Waals surface area contributed by atoms with Crippen LogP contribution in [0.5, 0.6) is 0 Å². The molecule has 0 N–H and O–H groups in total. The maximum Gasteiger partial charge on any atom is 0.224 e. The molecular weight excluding hydrogens is 258 g/mol. The van der Waals surface area contributed by atoms with Gasteiger partial charge in [-0.25, -0.2) is 0 Å². The molecule has 0 aliphatic carbocycles. The van der Waals surface area contributed by atoms with Crippen molar-refractivity contribution in [3.05, 3.63) is 17.5 Å². The third-order valence-electron chi connectivity index (χ3n) is 2.87. The van der Waals surface area contributed by atoms with Gasteiger partial charge in [0.15, 0.2) is 0 Å². The van der Waals surface area contributed by atoms with Crippen LogP contribution in [0, 0.1) is 6.92 Å². The van der Waals surface area contributed by atoms with Crippen LogP contribution in [0.15, 0.2) is 6.20 Å². The fourth-order valence-electron chi connectivity index (χ4n) is 1.78. The van der Waals surface area contributed by atoms with Crippen LogP contribution in [0.3, 0.4) is 0 Å². The first kappa shape index (κ1) is 10.7. The van der Waals surface area contributed by atoms with Gasteiger partial charge in [0, 0.05) is 42.6 Å². The lowest BCUT2D eigenvalue weighted by Gasteiger charge is -2.15. The Hall–Kier alpha value is -0.840. The van der Waals surface area contributed by atoms with E-state index in [0.717, 1.165) is 17.8 Å². The third-order valence-corrected chi connectivity index (χ3v) is 3.48. The van der Waals surface area contributed by atoms with Crippen LogP contribution in [0.1, 0.15) is 17.7 Å². The Morgan fingerprint density at radius 2 is 2.40 bits per heavy atom. The lowest BCUT2D eigenvalue weighted by Crippen LogP contribution is -2.24. The molecule has 2 heterocycles. The quantitative estimate of drug-likeness (QED) is 0.759. The third kappa shape index (κ3) is 2.07. The maximum atomic E-state index is 11.6. The van der Waals surface area contributed by atoms with Crippen LogP contribution in [-0.4, -0.2) is 32.0 Å². The molecule has 1 fully saturated rings. The standard InChI is InChI=1S/C10H14BrN3O/c1-7-8(4-12-13(7)2)5-14-6-9(11)3-10(14)15/h4,9H,3,5-6H2,1-2H3. The molecule has 1 aromatic heterocycles. The Labute approximate surface area is 97.4 Å². The van der Waals surface area contributed by atoms with Crippen LogP contribution in [0.4, 0.5) is 0 Å². The summed E-state index contributed by atoms with van der Waals surface area (Å²) in [6, 6.07) is 0. The number of likely N-dealkylation sites (tertiary alicyclic amines) is 1. The van der Waals surface area contributed by atoms with E-state index in [-0.39, 0.29) is 5.91 Å². The van der Waals surface area contributed by atoms with Gasteiger partial charge in [-0.15, -0.1) is 0 Å². The molecule has 1 aliphatic heterocycles. The number of rotatable bonds is 2. The summed E-state index contributed by atoms with van der Waals surface area (Å²) in [6.45, 7) is 3.50. The first-order valence-corrected chi connectivity index (χ1v) is 5.89. The first-order chi connectivity index (χ1) is 7.08. The van der Waals surface area contributed by atoms with E-state index in [0.29, 0.717) is 17.8 Å². The van der Waals surface area contributed by atoms with Gasteiger partial charge in [0.05, 0.1) is 6.20 Å². The van der Waals surface area contributed by atoms with Crippen molar-refractivity contribution in [3.63, 3.8) is 0 Å². The monoisotopic (exact) mass is 271 g/mol. The molecule has 1 amide bonds. The second kappa shape index (κ2) is 3.96. The van der Waals surface area contributed by atoms with Crippen molar-refractivity contribution in [1.82, 2.24) is 14.7 Å². The Kier molecular flexibility index (Phi) is 2.82. The van der Waals surface area contributed by atoms with Crippen molar-refractivity contribution < 1.29 is 4.79 Å². The number of aryl methyl sites for hydroxylation is 1. The Morgan fingerprint density at radius 1 is 1.67 bits per heavy atom. The van der Waals surface area contributed by atoms with E-state index in [1.807, 2.05) is 29.7 Å². The first-order valence-electron chi connectivity index (χ1n) is 4.97. The molecule has 4 nitrogen and oxygen atoms in total. The molecule has 0 spiro atoms. The van der Waals surface area contributed by atoms with E-state index in [4.69, 9.17) is 0 Å². The highest BCUT2D eigenvalue weighted by Gasteiger charge is 2.28. The molecule has 1 aromatic rings. The van der Waals surface area contributed by atoms with Crippen LogP contribution >= 0.6 is 15.9 Å². The molecule has 5 heteroatoms. The lowest BCUT2D eigenvalue weighted by molar-refractivity contribution is -0.128. The Bertz CT molecular complexity index is 388. The van der Waals surface area contributed by atoms with Crippen LogP contribution in [0.25, 0.3) is 0 Å². The highest BCUT2D eigenvalue weighted by molar-refractivity contribution is 9.09. The highest BCUT2D eigenvalue weighted by atomic mass is 79.9. The number of hydrogen-bond acceptors (Lipinski definition) is 2. The maximum absolute atomic E-state index is 11.6. The average Bonchev–Trinajstić information content (AvgIpc) is 2.64. The summed E-state index contributed by atoms with van der Waals surface area (Å²) in [5.41, 5.74) is 2.26. The van der Waals surface area contributed by atoms with E-state index in [1.54, 1.807) is 0 Å². The van der Waals surface area contributed by atoms with E-state index in [2.05, 4.69) is 21.0 Å².